The largest absolute Gasteiger partial charge is 0.478 e. The number of piperidine rings is 1. The molecule has 1 heterocycles. The lowest BCUT2D eigenvalue weighted by molar-refractivity contribution is 0.0697. The molecule has 0 radical (unpaired) electrons. The molecule has 1 aliphatic heterocycles. The molecule has 2 unspecified atom stereocenters. The Balaban J connectivity index is 0.000000704. The fraction of sp³-hybridized carbons (Fsp3) is 0.588. The number of benzene rings is 1. The van der Waals surface area contributed by atoms with Gasteiger partial charge in [0, 0.05) is 13.1 Å². The molecule has 1 saturated heterocycles. The van der Waals surface area contributed by atoms with E-state index in [2.05, 4.69) is 11.8 Å². The second-order valence-corrected chi connectivity index (χ2v) is 6.08. The van der Waals surface area contributed by atoms with Gasteiger partial charge in [-0.1, -0.05) is 26.8 Å². The Kier molecular flexibility index (Phi) is 4.07. The summed E-state index contributed by atoms with van der Waals surface area (Å²) >= 11 is 0. The van der Waals surface area contributed by atoms with Crippen molar-refractivity contribution >= 4 is 11.7 Å². The van der Waals surface area contributed by atoms with Crippen LogP contribution in [0.2, 0.25) is 0 Å². The molecular weight excluding hydrogens is 250 g/mol. The first-order valence-corrected chi connectivity index (χ1v) is 7.58. The van der Waals surface area contributed by atoms with E-state index in [1.54, 1.807) is 6.07 Å². The predicted octanol–water partition coefficient (Wildman–Crippen LogP) is 3.96. The summed E-state index contributed by atoms with van der Waals surface area (Å²) in [6.45, 7) is 10.4. The third kappa shape index (κ3) is 2.67. The minimum absolute atomic E-state index is 0.435. The molecule has 3 rings (SSSR count). The third-order valence-electron chi connectivity index (χ3n) is 4.66. The number of carboxylic acids is 1. The number of rotatable bonds is 2. The van der Waals surface area contributed by atoms with E-state index < -0.39 is 5.97 Å². The molecule has 20 heavy (non-hydrogen) atoms. The number of carbonyl (C=O) groups is 1. The third-order valence-corrected chi connectivity index (χ3v) is 4.66. The van der Waals surface area contributed by atoms with Crippen molar-refractivity contribution < 1.29 is 9.90 Å². The lowest BCUT2D eigenvalue weighted by Crippen LogP contribution is -2.35. The van der Waals surface area contributed by atoms with Gasteiger partial charge in [0.25, 0.3) is 0 Å². The molecule has 3 nitrogen and oxygen atoms in total. The Morgan fingerprint density at radius 1 is 1.40 bits per heavy atom. The number of hydrogen-bond acceptors (Lipinski definition) is 2. The normalized spacial score (nSPS) is 27.2. The quantitative estimate of drug-likeness (QED) is 0.888. The topological polar surface area (TPSA) is 40.5 Å². The Morgan fingerprint density at radius 2 is 2.10 bits per heavy atom. The van der Waals surface area contributed by atoms with E-state index in [1.807, 2.05) is 32.9 Å². The maximum Gasteiger partial charge on any atom is 0.337 e. The van der Waals surface area contributed by atoms with Gasteiger partial charge >= 0.3 is 5.97 Å². The Bertz CT molecular complexity index is 512. The van der Waals surface area contributed by atoms with E-state index in [4.69, 9.17) is 0 Å². The van der Waals surface area contributed by atoms with Crippen LogP contribution < -0.4 is 4.90 Å². The average molecular weight is 275 g/mol. The zero-order valence-electron chi connectivity index (χ0n) is 12.9. The molecule has 1 aromatic carbocycles. The number of nitrogens with zero attached hydrogens (tertiary/aromatic N) is 1. The van der Waals surface area contributed by atoms with Gasteiger partial charge in [-0.25, -0.2) is 4.79 Å². The maximum absolute atomic E-state index is 11.3. The molecule has 110 valence electrons. The van der Waals surface area contributed by atoms with Crippen molar-refractivity contribution in [3.63, 3.8) is 0 Å². The zero-order valence-corrected chi connectivity index (χ0v) is 12.9. The molecule has 1 aromatic rings. The van der Waals surface area contributed by atoms with Gasteiger partial charge in [-0.3, -0.25) is 0 Å². The number of hydrogen-bond donors (Lipinski definition) is 1. The van der Waals surface area contributed by atoms with Crippen LogP contribution in [0.25, 0.3) is 0 Å². The average Bonchev–Trinajstić information content (AvgIpc) is 3.11. The van der Waals surface area contributed by atoms with Gasteiger partial charge < -0.3 is 10.0 Å². The number of aromatic carboxylic acids is 1. The summed E-state index contributed by atoms with van der Waals surface area (Å²) in [6, 6.07) is 5.61. The number of anilines is 1. The number of aryl methyl sites for hydroxylation is 1. The molecule has 3 heteroatoms. The summed E-state index contributed by atoms with van der Waals surface area (Å²) in [4.78, 5) is 13.6. The van der Waals surface area contributed by atoms with Gasteiger partial charge in [0.2, 0.25) is 0 Å². The summed E-state index contributed by atoms with van der Waals surface area (Å²) < 4.78 is 0. The van der Waals surface area contributed by atoms with Crippen molar-refractivity contribution in [2.75, 3.05) is 18.0 Å². The predicted molar refractivity (Wildman–Crippen MR) is 82.5 cm³/mol. The van der Waals surface area contributed by atoms with E-state index in [1.165, 1.54) is 12.8 Å². The highest BCUT2D eigenvalue weighted by atomic mass is 16.4. The highest BCUT2D eigenvalue weighted by Gasteiger charge is 2.52. The lowest BCUT2D eigenvalue weighted by atomic mass is 9.96. The standard InChI is InChI=1S/C15H19NO2.C2H6/c1-10-3-4-12(14(17)18)13(7-10)16-6-5-15(2)8-11(15)9-16;1-2/h3-4,7,11H,5-6,8-9H2,1-2H3,(H,17,18);1-2H3. The van der Waals surface area contributed by atoms with Crippen LogP contribution in [-0.4, -0.2) is 24.2 Å². The van der Waals surface area contributed by atoms with Crippen LogP contribution >= 0.6 is 0 Å². The molecule has 2 atom stereocenters. The smallest absolute Gasteiger partial charge is 0.337 e. The number of fused-ring (bicyclic) bond motifs is 1. The van der Waals surface area contributed by atoms with Crippen molar-refractivity contribution in [1.29, 1.82) is 0 Å². The van der Waals surface area contributed by atoms with E-state index in [0.29, 0.717) is 11.0 Å². The molecule has 0 bridgehead atoms. The lowest BCUT2D eigenvalue weighted by Gasteiger charge is -2.32. The first-order chi connectivity index (χ1) is 9.49. The first kappa shape index (κ1) is 14.9. The van der Waals surface area contributed by atoms with Crippen molar-refractivity contribution in [1.82, 2.24) is 0 Å². The van der Waals surface area contributed by atoms with Gasteiger partial charge in [-0.05, 0) is 48.8 Å². The SMILES string of the molecule is CC.Cc1ccc(C(=O)O)c(N2CCC3(C)CC3C2)c1. The van der Waals surface area contributed by atoms with Gasteiger partial charge in [-0.15, -0.1) is 0 Å². The molecule has 0 amide bonds. The molecule has 2 aliphatic rings. The van der Waals surface area contributed by atoms with Crippen LogP contribution in [0, 0.1) is 18.3 Å². The molecule has 0 aromatic heterocycles. The zero-order chi connectivity index (χ0) is 14.9. The second kappa shape index (κ2) is 5.47. The monoisotopic (exact) mass is 275 g/mol. The minimum Gasteiger partial charge on any atom is -0.478 e. The summed E-state index contributed by atoms with van der Waals surface area (Å²) in [5, 5.41) is 9.29. The van der Waals surface area contributed by atoms with Crippen molar-refractivity contribution in [3.05, 3.63) is 29.3 Å². The molecule has 2 fully saturated rings. The fourth-order valence-electron chi connectivity index (χ4n) is 3.15. The van der Waals surface area contributed by atoms with Gasteiger partial charge in [0.15, 0.2) is 0 Å². The van der Waals surface area contributed by atoms with Crippen LogP contribution in [0.1, 0.15) is 49.5 Å². The van der Waals surface area contributed by atoms with Crippen LogP contribution in [0.3, 0.4) is 0 Å². The van der Waals surface area contributed by atoms with Crippen LogP contribution in [0.4, 0.5) is 5.69 Å². The summed E-state index contributed by atoms with van der Waals surface area (Å²) in [5.41, 5.74) is 3.00. The Morgan fingerprint density at radius 3 is 2.70 bits per heavy atom. The molecule has 1 N–H and O–H groups in total. The van der Waals surface area contributed by atoms with Gasteiger partial charge in [0.05, 0.1) is 11.3 Å². The number of carboxylic acid groups (broad SMARTS) is 1. The van der Waals surface area contributed by atoms with Crippen LogP contribution in [0.15, 0.2) is 18.2 Å². The van der Waals surface area contributed by atoms with E-state index in [0.717, 1.165) is 30.3 Å². The van der Waals surface area contributed by atoms with Crippen molar-refractivity contribution in [3.8, 4) is 0 Å². The maximum atomic E-state index is 11.3. The fourth-order valence-corrected chi connectivity index (χ4v) is 3.15. The summed E-state index contributed by atoms with van der Waals surface area (Å²) in [6.07, 6.45) is 2.49. The first-order valence-electron chi connectivity index (χ1n) is 7.58. The summed E-state index contributed by atoms with van der Waals surface area (Å²) in [5.74, 6) is -0.0671. The van der Waals surface area contributed by atoms with Gasteiger partial charge in [-0.2, -0.15) is 0 Å². The van der Waals surface area contributed by atoms with Crippen molar-refractivity contribution in [2.24, 2.45) is 11.3 Å². The van der Waals surface area contributed by atoms with Crippen molar-refractivity contribution in [2.45, 2.75) is 40.5 Å². The van der Waals surface area contributed by atoms with Crippen LogP contribution in [0.5, 0.6) is 0 Å². The molecular formula is C17H25NO2. The molecule has 1 saturated carbocycles. The van der Waals surface area contributed by atoms with E-state index >= 15 is 0 Å². The Hall–Kier alpha value is -1.51. The summed E-state index contributed by atoms with van der Waals surface area (Å²) in [7, 11) is 0. The highest BCUT2D eigenvalue weighted by Crippen LogP contribution is 2.57. The van der Waals surface area contributed by atoms with Crippen LogP contribution in [-0.2, 0) is 0 Å². The minimum atomic E-state index is -0.825. The van der Waals surface area contributed by atoms with E-state index in [-0.39, 0.29) is 0 Å². The molecule has 0 spiro atoms. The Labute approximate surface area is 121 Å². The molecule has 1 aliphatic carbocycles. The highest BCUT2D eigenvalue weighted by molar-refractivity contribution is 5.94. The van der Waals surface area contributed by atoms with E-state index in [9.17, 15) is 9.90 Å². The van der Waals surface area contributed by atoms with Gasteiger partial charge in [0.1, 0.15) is 0 Å². The second-order valence-electron chi connectivity index (χ2n) is 6.08.